The van der Waals surface area contributed by atoms with Gasteiger partial charge < -0.3 is 14.2 Å². The predicted octanol–water partition coefficient (Wildman–Crippen LogP) is 5.03. The number of nitrogens with zero attached hydrogens (tertiary/aromatic N) is 3. The summed E-state index contributed by atoms with van der Waals surface area (Å²) in [5.41, 5.74) is 2.16. The van der Waals surface area contributed by atoms with Crippen LogP contribution in [0.3, 0.4) is 0 Å². The lowest BCUT2D eigenvalue weighted by molar-refractivity contribution is -0.128. The lowest BCUT2D eigenvalue weighted by Crippen LogP contribution is -2.27. The maximum Gasteiger partial charge on any atom is 0.223 e. The van der Waals surface area contributed by atoms with Crippen molar-refractivity contribution >= 4 is 28.5 Å². The van der Waals surface area contributed by atoms with Crippen molar-refractivity contribution in [3.05, 3.63) is 59.4 Å². The number of unbranched alkanes of at least 4 members (excludes halogenated alkanes) is 1. The Kier molecular flexibility index (Phi) is 5.38. The number of fused-ring (bicyclic) bond motifs is 1. The minimum atomic E-state index is 0.185. The summed E-state index contributed by atoms with van der Waals surface area (Å²) in [4.78, 5) is 19.5. The molecule has 0 N–H and O–H groups in total. The molecule has 0 radical (unpaired) electrons. The number of likely N-dealkylation sites (tertiary alicyclic amines) is 1. The molecule has 0 bridgehead atoms. The highest BCUT2D eigenvalue weighted by atomic mass is 35.5. The fourth-order valence-electron chi connectivity index (χ4n) is 4.40. The molecule has 6 heteroatoms. The number of benzene rings is 2. The average Bonchev–Trinajstić information content (AvgIpc) is 3.43. The summed E-state index contributed by atoms with van der Waals surface area (Å²) < 4.78 is 8.15. The van der Waals surface area contributed by atoms with Gasteiger partial charge in [-0.3, -0.25) is 4.79 Å². The first-order valence-electron chi connectivity index (χ1n) is 10.8. The molecule has 30 heavy (non-hydrogen) atoms. The second-order valence-electron chi connectivity index (χ2n) is 8.27. The Labute approximate surface area is 181 Å². The standard InChI is InChI=1S/C24H26ClN3O2/c25-19-7-1-4-10-22(19)30-14-6-5-13-27-21-9-3-2-8-20(21)26-24(27)17-15-23(29)28(16-17)18-11-12-18/h1-4,7-10,17-18H,5-6,11-16H2. The molecule has 1 aliphatic carbocycles. The summed E-state index contributed by atoms with van der Waals surface area (Å²) in [5, 5.41) is 0.645. The largest absolute Gasteiger partial charge is 0.492 e. The third kappa shape index (κ3) is 3.91. The van der Waals surface area contributed by atoms with E-state index in [9.17, 15) is 4.79 Å². The van der Waals surface area contributed by atoms with E-state index in [1.807, 2.05) is 30.3 Å². The second-order valence-corrected chi connectivity index (χ2v) is 8.68. The number of ether oxygens (including phenoxy) is 1. The normalized spacial score (nSPS) is 19.0. The van der Waals surface area contributed by atoms with Gasteiger partial charge in [0, 0.05) is 31.5 Å². The van der Waals surface area contributed by atoms with Crippen LogP contribution in [-0.4, -0.2) is 39.6 Å². The van der Waals surface area contributed by atoms with Crippen LogP contribution in [0.25, 0.3) is 11.0 Å². The smallest absolute Gasteiger partial charge is 0.223 e. The van der Waals surface area contributed by atoms with Crippen molar-refractivity contribution in [3.63, 3.8) is 0 Å². The highest BCUT2D eigenvalue weighted by Gasteiger charge is 2.41. The average molecular weight is 424 g/mol. The summed E-state index contributed by atoms with van der Waals surface area (Å²) in [6.07, 6.45) is 4.79. The lowest BCUT2D eigenvalue weighted by atomic mass is 10.1. The molecule has 2 heterocycles. The minimum Gasteiger partial charge on any atom is -0.492 e. The molecule has 5 rings (SSSR count). The minimum absolute atomic E-state index is 0.185. The second kappa shape index (κ2) is 8.31. The molecule has 1 unspecified atom stereocenters. The third-order valence-electron chi connectivity index (χ3n) is 6.07. The van der Waals surface area contributed by atoms with Crippen LogP contribution in [0.1, 0.15) is 43.8 Å². The summed E-state index contributed by atoms with van der Waals surface area (Å²) in [6.45, 7) is 2.31. The van der Waals surface area contributed by atoms with Gasteiger partial charge in [-0.2, -0.15) is 0 Å². The molecule has 156 valence electrons. The molecule has 2 aromatic carbocycles. The number of hydrogen-bond donors (Lipinski definition) is 0. The molecule has 5 nitrogen and oxygen atoms in total. The molecule has 1 saturated heterocycles. The number of carbonyl (C=O) groups is 1. The van der Waals surface area contributed by atoms with Gasteiger partial charge >= 0.3 is 0 Å². The molecular formula is C24H26ClN3O2. The zero-order valence-corrected chi connectivity index (χ0v) is 17.7. The van der Waals surface area contributed by atoms with Gasteiger partial charge in [0.1, 0.15) is 11.6 Å². The van der Waals surface area contributed by atoms with E-state index in [0.29, 0.717) is 24.1 Å². The van der Waals surface area contributed by atoms with Crippen molar-refractivity contribution in [2.24, 2.45) is 0 Å². The molecule has 2 aliphatic rings. The number of carbonyl (C=O) groups excluding carboxylic acids is 1. The van der Waals surface area contributed by atoms with Crippen LogP contribution in [0, 0.1) is 0 Å². The number of aryl methyl sites for hydroxylation is 1. The van der Waals surface area contributed by atoms with Crippen molar-refractivity contribution in [2.45, 2.75) is 50.6 Å². The van der Waals surface area contributed by atoms with Crippen molar-refractivity contribution in [3.8, 4) is 5.75 Å². The quantitative estimate of drug-likeness (QED) is 0.477. The van der Waals surface area contributed by atoms with E-state index in [0.717, 1.165) is 61.4 Å². The van der Waals surface area contributed by atoms with Crippen molar-refractivity contribution in [2.75, 3.05) is 13.2 Å². The van der Waals surface area contributed by atoms with Crippen LogP contribution < -0.4 is 4.74 Å². The van der Waals surface area contributed by atoms with Crippen molar-refractivity contribution in [1.29, 1.82) is 0 Å². The highest BCUT2D eigenvalue weighted by Crippen LogP contribution is 2.37. The van der Waals surface area contributed by atoms with Crippen LogP contribution in [-0.2, 0) is 11.3 Å². The Morgan fingerprint density at radius 2 is 1.87 bits per heavy atom. The maximum atomic E-state index is 12.5. The van der Waals surface area contributed by atoms with Gasteiger partial charge in [0.2, 0.25) is 5.91 Å². The maximum absolute atomic E-state index is 12.5. The van der Waals surface area contributed by atoms with E-state index in [2.05, 4.69) is 27.7 Å². The van der Waals surface area contributed by atoms with E-state index >= 15 is 0 Å². The SMILES string of the molecule is O=C1CC(c2nc3ccccc3n2CCCCOc2ccccc2Cl)CN1C1CC1. The summed E-state index contributed by atoms with van der Waals surface area (Å²) >= 11 is 6.16. The van der Waals surface area contributed by atoms with Crippen molar-refractivity contribution < 1.29 is 9.53 Å². The molecule has 2 fully saturated rings. The van der Waals surface area contributed by atoms with E-state index in [1.165, 1.54) is 0 Å². The zero-order valence-electron chi connectivity index (χ0n) is 17.0. The summed E-state index contributed by atoms with van der Waals surface area (Å²) in [7, 11) is 0. The molecule has 1 amide bonds. The first kappa shape index (κ1) is 19.4. The van der Waals surface area contributed by atoms with Gasteiger partial charge in [-0.25, -0.2) is 4.98 Å². The Morgan fingerprint density at radius 3 is 2.70 bits per heavy atom. The van der Waals surface area contributed by atoms with Crippen LogP contribution in [0.2, 0.25) is 5.02 Å². The molecule has 1 saturated carbocycles. The van der Waals surface area contributed by atoms with Gasteiger partial charge in [-0.05, 0) is 49.9 Å². The number of halogens is 1. The van der Waals surface area contributed by atoms with Gasteiger partial charge in [-0.15, -0.1) is 0 Å². The zero-order chi connectivity index (χ0) is 20.5. The fourth-order valence-corrected chi connectivity index (χ4v) is 4.59. The first-order valence-corrected chi connectivity index (χ1v) is 11.2. The molecule has 3 aromatic rings. The van der Waals surface area contributed by atoms with E-state index < -0.39 is 0 Å². The van der Waals surface area contributed by atoms with E-state index in [4.69, 9.17) is 21.3 Å². The topological polar surface area (TPSA) is 47.4 Å². The molecule has 1 atom stereocenters. The highest BCUT2D eigenvalue weighted by molar-refractivity contribution is 6.32. The Balaban J connectivity index is 1.27. The number of aromatic nitrogens is 2. The lowest BCUT2D eigenvalue weighted by Gasteiger charge is -2.16. The summed E-state index contributed by atoms with van der Waals surface area (Å²) in [6, 6.07) is 16.3. The van der Waals surface area contributed by atoms with Crippen molar-refractivity contribution in [1.82, 2.24) is 14.5 Å². The van der Waals surface area contributed by atoms with Crippen LogP contribution in [0.4, 0.5) is 0 Å². The molecule has 1 aliphatic heterocycles. The summed E-state index contributed by atoms with van der Waals surface area (Å²) in [5.74, 6) is 2.26. The van der Waals surface area contributed by atoms with Gasteiger partial charge in [0.15, 0.2) is 0 Å². The van der Waals surface area contributed by atoms with Crippen LogP contribution in [0.5, 0.6) is 5.75 Å². The van der Waals surface area contributed by atoms with Gasteiger partial charge in [0.05, 0.1) is 22.7 Å². The number of rotatable bonds is 8. The van der Waals surface area contributed by atoms with Gasteiger partial charge in [0.25, 0.3) is 0 Å². The predicted molar refractivity (Wildman–Crippen MR) is 118 cm³/mol. The molecular weight excluding hydrogens is 398 g/mol. The Bertz CT molecular complexity index is 1060. The van der Waals surface area contributed by atoms with Gasteiger partial charge in [-0.1, -0.05) is 35.9 Å². The Morgan fingerprint density at radius 1 is 1.07 bits per heavy atom. The molecule has 0 spiro atoms. The number of hydrogen-bond acceptors (Lipinski definition) is 3. The number of amides is 1. The monoisotopic (exact) mass is 423 g/mol. The fraction of sp³-hybridized carbons (Fsp3) is 0.417. The first-order chi connectivity index (χ1) is 14.7. The van der Waals surface area contributed by atoms with E-state index in [1.54, 1.807) is 0 Å². The number of para-hydroxylation sites is 3. The van der Waals surface area contributed by atoms with E-state index in [-0.39, 0.29) is 11.8 Å². The van der Waals surface area contributed by atoms with Crippen LogP contribution in [0.15, 0.2) is 48.5 Å². The third-order valence-corrected chi connectivity index (χ3v) is 6.38. The number of imidazole rings is 1. The van der Waals surface area contributed by atoms with Crippen LogP contribution >= 0.6 is 11.6 Å². The Hall–Kier alpha value is -2.53. The molecule has 1 aromatic heterocycles.